The van der Waals surface area contributed by atoms with E-state index in [4.69, 9.17) is 5.73 Å². The molecule has 0 aliphatic heterocycles. The van der Waals surface area contributed by atoms with Crippen LogP contribution in [0.15, 0.2) is 23.0 Å². The minimum Gasteiger partial charge on any atom is -0.378 e. The summed E-state index contributed by atoms with van der Waals surface area (Å²) in [6, 6.07) is 1.93. The van der Waals surface area contributed by atoms with Crippen LogP contribution in [0, 0.1) is 10.1 Å². The molecule has 6 nitrogen and oxygen atoms in total. The van der Waals surface area contributed by atoms with E-state index in [-0.39, 0.29) is 11.5 Å². The molecule has 2 aromatic rings. The number of nitro groups is 1. The maximum atomic E-state index is 10.5. The number of nitrogen functional groups attached to an aromatic ring is 1. The van der Waals surface area contributed by atoms with Crippen molar-refractivity contribution < 1.29 is 4.92 Å². The van der Waals surface area contributed by atoms with Crippen molar-refractivity contribution in [2.24, 2.45) is 0 Å². The summed E-state index contributed by atoms with van der Waals surface area (Å²) in [4.78, 5) is 9.98. The topological polar surface area (TPSA) is 87.0 Å². The Morgan fingerprint density at radius 2 is 2.47 bits per heavy atom. The van der Waals surface area contributed by atoms with Gasteiger partial charge in [0.25, 0.3) is 0 Å². The van der Waals surface area contributed by atoms with Gasteiger partial charge >= 0.3 is 5.69 Å². The van der Waals surface area contributed by atoms with Crippen molar-refractivity contribution in [3.8, 4) is 0 Å². The van der Waals surface area contributed by atoms with Gasteiger partial charge in [-0.1, -0.05) is 0 Å². The Morgan fingerprint density at radius 1 is 1.67 bits per heavy atom. The van der Waals surface area contributed by atoms with Crippen molar-refractivity contribution in [3.05, 3.63) is 38.7 Å². The first-order valence-corrected chi connectivity index (χ1v) is 5.09. The van der Waals surface area contributed by atoms with Gasteiger partial charge in [-0.3, -0.25) is 10.1 Å². The number of nitrogens with zero attached hydrogens (tertiary/aromatic N) is 3. The van der Waals surface area contributed by atoms with E-state index >= 15 is 0 Å². The van der Waals surface area contributed by atoms with Crippen LogP contribution in [0.25, 0.3) is 0 Å². The van der Waals surface area contributed by atoms with Crippen LogP contribution in [-0.4, -0.2) is 14.7 Å². The smallest absolute Gasteiger partial charge is 0.330 e. The quantitative estimate of drug-likeness (QED) is 0.632. The highest BCUT2D eigenvalue weighted by atomic mass is 32.1. The van der Waals surface area contributed by atoms with Gasteiger partial charge in [0.1, 0.15) is 6.20 Å². The third kappa shape index (κ3) is 1.82. The lowest BCUT2D eigenvalue weighted by Gasteiger charge is -2.00. The predicted octanol–water partition coefficient (Wildman–Crippen LogP) is 1.48. The summed E-state index contributed by atoms with van der Waals surface area (Å²) in [5, 5.41) is 18.3. The molecule has 2 N–H and O–H groups in total. The number of aromatic nitrogens is 2. The first-order chi connectivity index (χ1) is 7.18. The summed E-state index contributed by atoms with van der Waals surface area (Å²) >= 11 is 1.56. The average molecular weight is 224 g/mol. The lowest BCUT2D eigenvalue weighted by atomic mass is 10.3. The molecule has 0 spiro atoms. The monoisotopic (exact) mass is 224 g/mol. The molecule has 78 valence electrons. The van der Waals surface area contributed by atoms with Crippen molar-refractivity contribution in [2.45, 2.75) is 6.54 Å². The first kappa shape index (κ1) is 9.66. The van der Waals surface area contributed by atoms with Gasteiger partial charge < -0.3 is 5.73 Å². The normalized spacial score (nSPS) is 10.4. The van der Waals surface area contributed by atoms with Crippen LogP contribution < -0.4 is 5.73 Å². The molecule has 2 aromatic heterocycles. The summed E-state index contributed by atoms with van der Waals surface area (Å²) in [5.74, 6) is 0.0891. The van der Waals surface area contributed by atoms with Crippen LogP contribution >= 0.6 is 11.3 Å². The van der Waals surface area contributed by atoms with E-state index in [0.29, 0.717) is 6.54 Å². The largest absolute Gasteiger partial charge is 0.378 e. The Balaban J connectivity index is 2.27. The zero-order chi connectivity index (χ0) is 10.8. The summed E-state index contributed by atoms with van der Waals surface area (Å²) in [6.07, 6.45) is 1.17. The van der Waals surface area contributed by atoms with Gasteiger partial charge in [-0.05, 0) is 22.4 Å². The van der Waals surface area contributed by atoms with Crippen molar-refractivity contribution >= 4 is 22.8 Å². The van der Waals surface area contributed by atoms with Crippen molar-refractivity contribution in [1.82, 2.24) is 9.78 Å². The Morgan fingerprint density at radius 3 is 3.00 bits per heavy atom. The van der Waals surface area contributed by atoms with Gasteiger partial charge in [0, 0.05) is 0 Å². The third-order valence-electron chi connectivity index (χ3n) is 1.97. The van der Waals surface area contributed by atoms with Gasteiger partial charge in [-0.15, -0.1) is 0 Å². The Kier molecular flexibility index (Phi) is 2.38. The number of thiophene rings is 1. The average Bonchev–Trinajstić information content (AvgIpc) is 2.78. The van der Waals surface area contributed by atoms with Gasteiger partial charge in [0.05, 0.1) is 11.5 Å². The molecule has 2 heterocycles. The molecule has 0 saturated heterocycles. The van der Waals surface area contributed by atoms with E-state index in [1.54, 1.807) is 11.3 Å². The van der Waals surface area contributed by atoms with Crippen LogP contribution in [0.4, 0.5) is 11.5 Å². The summed E-state index contributed by atoms with van der Waals surface area (Å²) in [6.45, 7) is 0.461. The first-order valence-electron chi connectivity index (χ1n) is 4.15. The molecule has 15 heavy (non-hydrogen) atoms. The number of hydrogen-bond acceptors (Lipinski definition) is 5. The molecule has 0 saturated carbocycles. The molecular formula is C8H8N4O2S. The fourth-order valence-electron chi connectivity index (χ4n) is 1.21. The fourth-order valence-corrected chi connectivity index (χ4v) is 1.87. The molecule has 0 radical (unpaired) electrons. The van der Waals surface area contributed by atoms with Crippen LogP contribution in [0.5, 0.6) is 0 Å². The molecular weight excluding hydrogens is 216 g/mol. The van der Waals surface area contributed by atoms with E-state index < -0.39 is 4.92 Å². The van der Waals surface area contributed by atoms with Gasteiger partial charge in [-0.2, -0.15) is 16.4 Å². The summed E-state index contributed by atoms with van der Waals surface area (Å²) in [5.41, 5.74) is 6.47. The minimum absolute atomic E-state index is 0.0891. The van der Waals surface area contributed by atoms with Crippen molar-refractivity contribution in [1.29, 1.82) is 0 Å². The number of rotatable bonds is 3. The molecule has 0 unspecified atom stereocenters. The second-order valence-electron chi connectivity index (χ2n) is 2.96. The van der Waals surface area contributed by atoms with Crippen LogP contribution in [0.2, 0.25) is 0 Å². The Labute approximate surface area is 89.1 Å². The standard InChI is InChI=1S/C8H8N4O2S/c9-8-7(12(13)14)3-10-11(8)4-6-1-2-15-5-6/h1-3,5H,4,9H2. The lowest BCUT2D eigenvalue weighted by molar-refractivity contribution is -0.384. The minimum atomic E-state index is -0.535. The second kappa shape index (κ2) is 3.70. The van der Waals surface area contributed by atoms with E-state index in [2.05, 4.69) is 5.10 Å². The molecule has 7 heteroatoms. The molecule has 0 bridgehead atoms. The fraction of sp³-hybridized carbons (Fsp3) is 0.125. The second-order valence-corrected chi connectivity index (χ2v) is 3.74. The van der Waals surface area contributed by atoms with E-state index in [9.17, 15) is 10.1 Å². The van der Waals surface area contributed by atoms with Gasteiger partial charge in [-0.25, -0.2) is 4.68 Å². The maximum Gasteiger partial charge on any atom is 0.330 e. The Hall–Kier alpha value is -1.89. The van der Waals surface area contributed by atoms with E-state index in [1.165, 1.54) is 10.9 Å². The summed E-state index contributed by atoms with van der Waals surface area (Å²) in [7, 11) is 0. The van der Waals surface area contributed by atoms with E-state index in [1.807, 2.05) is 16.8 Å². The lowest BCUT2D eigenvalue weighted by Crippen LogP contribution is -2.05. The predicted molar refractivity (Wildman–Crippen MR) is 56.7 cm³/mol. The zero-order valence-electron chi connectivity index (χ0n) is 7.66. The zero-order valence-corrected chi connectivity index (χ0v) is 8.48. The van der Waals surface area contributed by atoms with Gasteiger partial charge in [0.2, 0.25) is 5.82 Å². The highest BCUT2D eigenvalue weighted by Gasteiger charge is 2.17. The molecule has 0 aromatic carbocycles. The number of anilines is 1. The molecule has 0 fully saturated rings. The molecule has 0 aliphatic carbocycles. The van der Waals surface area contributed by atoms with Crippen molar-refractivity contribution in [3.63, 3.8) is 0 Å². The molecule has 0 aliphatic rings. The number of nitrogens with two attached hydrogens (primary N) is 1. The maximum absolute atomic E-state index is 10.5. The van der Waals surface area contributed by atoms with Crippen LogP contribution in [0.3, 0.4) is 0 Å². The third-order valence-corrected chi connectivity index (χ3v) is 2.70. The summed E-state index contributed by atoms with van der Waals surface area (Å²) < 4.78 is 1.42. The molecule has 0 atom stereocenters. The van der Waals surface area contributed by atoms with E-state index in [0.717, 1.165) is 5.56 Å². The van der Waals surface area contributed by atoms with Gasteiger partial charge in [0.15, 0.2) is 0 Å². The SMILES string of the molecule is Nc1c([N+](=O)[O-])cnn1Cc1ccsc1. The molecule has 2 rings (SSSR count). The van der Waals surface area contributed by atoms with Crippen molar-refractivity contribution in [2.75, 3.05) is 5.73 Å². The van der Waals surface area contributed by atoms with Crippen LogP contribution in [-0.2, 0) is 6.54 Å². The highest BCUT2D eigenvalue weighted by molar-refractivity contribution is 7.07. The molecule has 0 amide bonds. The van der Waals surface area contributed by atoms with Crippen LogP contribution in [0.1, 0.15) is 5.56 Å². The number of hydrogen-bond donors (Lipinski definition) is 1. The Bertz CT molecular complexity index is 477. The highest BCUT2D eigenvalue weighted by Crippen LogP contribution is 2.21.